The Balaban J connectivity index is 1.90. The predicted molar refractivity (Wildman–Crippen MR) is 146 cm³/mol. The van der Waals surface area contributed by atoms with Crippen molar-refractivity contribution >= 4 is 39.1 Å². The molecular weight excluding hydrogens is 499 g/mol. The van der Waals surface area contributed by atoms with Crippen LogP contribution in [0.15, 0.2) is 34.8 Å². The van der Waals surface area contributed by atoms with Crippen molar-refractivity contribution < 1.29 is 0 Å². The van der Waals surface area contributed by atoms with Gasteiger partial charge in [0.1, 0.15) is 0 Å². The number of halogens is 3. The maximum Gasteiger partial charge on any atom is 0.0420 e. The lowest BCUT2D eigenvalue weighted by Crippen LogP contribution is -2.25. The lowest BCUT2D eigenvalue weighted by Gasteiger charge is -2.33. The molecule has 0 heterocycles. The molecule has 3 rings (SSSR count). The summed E-state index contributed by atoms with van der Waals surface area (Å²) in [7, 11) is 0. The van der Waals surface area contributed by atoms with Crippen molar-refractivity contribution in [2.45, 2.75) is 109 Å². The summed E-state index contributed by atoms with van der Waals surface area (Å²) in [5, 5.41) is 1.67. The zero-order valence-electron chi connectivity index (χ0n) is 19.9. The van der Waals surface area contributed by atoms with E-state index in [0.29, 0.717) is 0 Å². The molecule has 2 aromatic rings. The first-order valence-corrected chi connectivity index (χ1v) is 14.4. The predicted octanol–water partition coefficient (Wildman–Crippen LogP) is 11.5. The molecule has 0 spiro atoms. The monoisotopic (exact) mass is 536 g/mol. The van der Waals surface area contributed by atoms with Crippen molar-refractivity contribution in [2.75, 3.05) is 0 Å². The van der Waals surface area contributed by atoms with Gasteiger partial charge in [0, 0.05) is 25.5 Å². The molecule has 1 aliphatic rings. The molecule has 176 valence electrons. The second-order valence-electron chi connectivity index (χ2n) is 9.62. The fraction of sp³-hybridized carbons (Fsp3) is 0.586. The summed E-state index contributed by atoms with van der Waals surface area (Å²) in [5.74, 6) is 0. The van der Waals surface area contributed by atoms with E-state index in [4.69, 9.17) is 23.2 Å². The first kappa shape index (κ1) is 26.1. The average Bonchev–Trinajstić information content (AvgIpc) is 3.02. The van der Waals surface area contributed by atoms with E-state index >= 15 is 0 Å². The second-order valence-corrected chi connectivity index (χ2v) is 11.3. The van der Waals surface area contributed by atoms with Crippen LogP contribution in [-0.2, 0) is 5.41 Å². The minimum Gasteiger partial charge on any atom is -0.0843 e. The third-order valence-electron chi connectivity index (χ3n) is 7.25. The highest BCUT2D eigenvalue weighted by atomic mass is 79.9. The third kappa shape index (κ3) is 6.13. The molecule has 0 radical (unpaired) electrons. The van der Waals surface area contributed by atoms with Crippen molar-refractivity contribution in [2.24, 2.45) is 0 Å². The van der Waals surface area contributed by atoms with Crippen LogP contribution < -0.4 is 0 Å². The van der Waals surface area contributed by atoms with Gasteiger partial charge in [-0.3, -0.25) is 0 Å². The molecule has 3 heteroatoms. The topological polar surface area (TPSA) is 0 Å². The van der Waals surface area contributed by atoms with Gasteiger partial charge in [-0.05, 0) is 53.8 Å². The van der Waals surface area contributed by atoms with E-state index in [2.05, 4.69) is 48.0 Å². The zero-order chi connectivity index (χ0) is 23.0. The van der Waals surface area contributed by atoms with Crippen LogP contribution in [0.4, 0.5) is 0 Å². The van der Waals surface area contributed by atoms with Crippen LogP contribution in [0.1, 0.15) is 115 Å². The zero-order valence-corrected chi connectivity index (χ0v) is 23.0. The number of hydrogen-bond donors (Lipinski definition) is 0. The third-order valence-corrected chi connectivity index (χ3v) is 8.33. The van der Waals surface area contributed by atoms with Crippen molar-refractivity contribution in [3.8, 4) is 11.1 Å². The summed E-state index contributed by atoms with van der Waals surface area (Å²) in [6, 6.07) is 10.8. The van der Waals surface area contributed by atoms with Crippen molar-refractivity contribution in [1.29, 1.82) is 0 Å². The Morgan fingerprint density at radius 2 is 1.19 bits per heavy atom. The Morgan fingerprint density at radius 3 is 1.78 bits per heavy atom. The van der Waals surface area contributed by atoms with Gasteiger partial charge in [-0.1, -0.05) is 136 Å². The van der Waals surface area contributed by atoms with Gasteiger partial charge in [0.05, 0.1) is 0 Å². The van der Waals surface area contributed by atoms with Crippen molar-refractivity contribution in [3.05, 3.63) is 56.0 Å². The molecule has 0 aromatic heterocycles. The molecule has 0 saturated carbocycles. The maximum absolute atomic E-state index is 6.61. The second kappa shape index (κ2) is 12.8. The minimum atomic E-state index is 0.0263. The van der Waals surface area contributed by atoms with Crippen LogP contribution in [0.25, 0.3) is 11.1 Å². The molecule has 2 aromatic carbocycles. The highest BCUT2D eigenvalue weighted by molar-refractivity contribution is 9.10. The molecule has 0 nitrogen and oxygen atoms in total. The molecule has 32 heavy (non-hydrogen) atoms. The summed E-state index contributed by atoms with van der Waals surface area (Å²) in [5.41, 5.74) is 5.53. The number of unbranched alkanes of at least 4 members (excludes halogenated alkanes) is 10. The normalized spacial score (nSPS) is 13.9. The van der Waals surface area contributed by atoms with Crippen LogP contribution in [-0.4, -0.2) is 0 Å². The number of fused-ring (bicyclic) bond motifs is 3. The highest BCUT2D eigenvalue weighted by Crippen LogP contribution is 2.57. The lowest BCUT2D eigenvalue weighted by atomic mass is 9.70. The van der Waals surface area contributed by atoms with E-state index in [1.165, 1.54) is 112 Å². The smallest absolute Gasteiger partial charge is 0.0420 e. The molecular formula is C29H39BrCl2. The van der Waals surface area contributed by atoms with E-state index in [9.17, 15) is 0 Å². The summed E-state index contributed by atoms with van der Waals surface area (Å²) in [6.45, 7) is 4.57. The number of rotatable bonds is 14. The van der Waals surface area contributed by atoms with Crippen LogP contribution >= 0.6 is 39.1 Å². The Kier molecular flexibility index (Phi) is 10.5. The Bertz CT molecular complexity index is 858. The summed E-state index contributed by atoms with van der Waals surface area (Å²) >= 11 is 17.0. The SMILES string of the molecule is CCCCCCCCC1(CCCCCCCC)c2cc(Cl)ccc2-c2c(Br)cc(Cl)cc21. The first-order valence-electron chi connectivity index (χ1n) is 12.8. The molecule has 1 aliphatic carbocycles. The fourth-order valence-corrected chi connectivity index (χ4v) is 6.77. The van der Waals surface area contributed by atoms with E-state index in [-0.39, 0.29) is 5.41 Å². The van der Waals surface area contributed by atoms with E-state index in [0.717, 1.165) is 14.5 Å². The largest absolute Gasteiger partial charge is 0.0843 e. The van der Waals surface area contributed by atoms with E-state index in [1.807, 2.05) is 12.1 Å². The van der Waals surface area contributed by atoms with Crippen LogP contribution in [0.2, 0.25) is 10.0 Å². The van der Waals surface area contributed by atoms with Gasteiger partial charge < -0.3 is 0 Å². The molecule has 0 saturated heterocycles. The highest BCUT2D eigenvalue weighted by Gasteiger charge is 2.43. The summed E-state index contributed by atoms with van der Waals surface area (Å²) < 4.78 is 1.11. The quantitative estimate of drug-likeness (QED) is 0.210. The number of benzene rings is 2. The van der Waals surface area contributed by atoms with Crippen molar-refractivity contribution in [1.82, 2.24) is 0 Å². The Morgan fingerprint density at radius 1 is 0.656 bits per heavy atom. The van der Waals surface area contributed by atoms with Gasteiger partial charge in [-0.15, -0.1) is 0 Å². The van der Waals surface area contributed by atoms with Gasteiger partial charge in [-0.25, -0.2) is 0 Å². The number of hydrogen-bond acceptors (Lipinski definition) is 0. The molecule has 0 fully saturated rings. The fourth-order valence-electron chi connectivity index (χ4n) is 5.58. The van der Waals surface area contributed by atoms with Gasteiger partial charge in [0.25, 0.3) is 0 Å². The van der Waals surface area contributed by atoms with Crippen LogP contribution in [0.5, 0.6) is 0 Å². The van der Waals surface area contributed by atoms with Gasteiger partial charge in [-0.2, -0.15) is 0 Å². The Labute approximate surface area is 214 Å². The minimum absolute atomic E-state index is 0.0263. The lowest BCUT2D eigenvalue weighted by molar-refractivity contribution is 0.398. The molecule has 0 aliphatic heterocycles. The van der Waals surface area contributed by atoms with Gasteiger partial charge in [0.15, 0.2) is 0 Å². The molecule has 0 N–H and O–H groups in total. The van der Waals surface area contributed by atoms with E-state index < -0.39 is 0 Å². The van der Waals surface area contributed by atoms with Crippen molar-refractivity contribution in [3.63, 3.8) is 0 Å². The molecule has 0 unspecified atom stereocenters. The van der Waals surface area contributed by atoms with E-state index in [1.54, 1.807) is 0 Å². The van der Waals surface area contributed by atoms with Crippen LogP contribution in [0, 0.1) is 0 Å². The summed E-state index contributed by atoms with van der Waals surface area (Å²) in [6.07, 6.45) is 18.2. The molecule has 0 atom stereocenters. The maximum atomic E-state index is 6.61. The molecule has 0 amide bonds. The molecule has 0 bridgehead atoms. The standard InChI is InChI=1S/C29H39BrCl2/c1-3-5-7-9-11-13-17-29(18-14-12-10-8-6-4-2)25-19-22(31)15-16-24(25)28-26(29)20-23(32)21-27(28)30/h15-16,19-21H,3-14,17-18H2,1-2H3. The Hall–Kier alpha value is -0.500. The van der Waals surface area contributed by atoms with Gasteiger partial charge >= 0.3 is 0 Å². The average molecular weight is 538 g/mol. The summed E-state index contributed by atoms with van der Waals surface area (Å²) in [4.78, 5) is 0. The van der Waals surface area contributed by atoms with Gasteiger partial charge in [0.2, 0.25) is 0 Å². The first-order chi connectivity index (χ1) is 15.5. The van der Waals surface area contributed by atoms with Crippen LogP contribution in [0.3, 0.4) is 0 Å².